The number of hydrogen-bond donors (Lipinski definition) is 0. The summed E-state index contributed by atoms with van der Waals surface area (Å²) in [4.78, 5) is 34.2. The van der Waals surface area contributed by atoms with Crippen molar-refractivity contribution in [3.63, 3.8) is 0 Å². The lowest BCUT2D eigenvalue weighted by molar-refractivity contribution is -0.179. The number of aromatic nitrogens is 2. The summed E-state index contributed by atoms with van der Waals surface area (Å²) in [7, 11) is 0. The van der Waals surface area contributed by atoms with E-state index in [0.29, 0.717) is 43.8 Å². The lowest BCUT2D eigenvalue weighted by atomic mass is 9.88. The Bertz CT molecular complexity index is 919. The average molecular weight is 398 g/mol. The maximum atomic E-state index is 13.0. The molecule has 2 fully saturated rings. The van der Waals surface area contributed by atoms with Crippen LogP contribution in [0, 0.1) is 6.92 Å². The Morgan fingerprint density at radius 1 is 1.14 bits per heavy atom. The minimum atomic E-state index is -0.621. The van der Waals surface area contributed by atoms with Crippen molar-refractivity contribution in [2.45, 2.75) is 50.9 Å². The van der Waals surface area contributed by atoms with Gasteiger partial charge < -0.3 is 23.5 Å². The molecule has 0 bridgehead atoms. The molecule has 8 heteroatoms. The van der Waals surface area contributed by atoms with Crippen LogP contribution in [0.4, 0.5) is 0 Å². The highest BCUT2D eigenvalue weighted by atomic mass is 16.5. The van der Waals surface area contributed by atoms with Gasteiger partial charge in [-0.05, 0) is 25.8 Å². The van der Waals surface area contributed by atoms with Crippen LogP contribution in [0.5, 0.6) is 0 Å². The highest BCUT2D eigenvalue weighted by Gasteiger charge is 2.48. The monoisotopic (exact) mass is 398 g/mol. The van der Waals surface area contributed by atoms with Crippen molar-refractivity contribution in [1.29, 1.82) is 0 Å². The van der Waals surface area contributed by atoms with Gasteiger partial charge in [-0.3, -0.25) is 9.59 Å². The predicted molar refractivity (Wildman–Crippen MR) is 103 cm³/mol. The molecule has 5 rings (SSSR count). The third-order valence-electron chi connectivity index (χ3n) is 6.49. The molecular weight excluding hydrogens is 372 g/mol. The molecule has 3 aliphatic rings. The van der Waals surface area contributed by atoms with Crippen LogP contribution in [-0.4, -0.2) is 63.4 Å². The van der Waals surface area contributed by atoms with Crippen molar-refractivity contribution < 1.29 is 18.7 Å². The lowest BCUT2D eigenvalue weighted by Gasteiger charge is -2.46. The Hall–Kier alpha value is -2.61. The molecule has 29 heavy (non-hydrogen) atoms. The first-order valence-electron chi connectivity index (χ1n) is 10.4. The molecule has 2 aromatic rings. The fraction of sp³-hybridized carbons (Fsp3) is 0.571. The minimum Gasteiger partial charge on any atom is -0.469 e. The van der Waals surface area contributed by atoms with Crippen LogP contribution < -0.4 is 0 Å². The van der Waals surface area contributed by atoms with Gasteiger partial charge in [-0.1, -0.05) is 0 Å². The van der Waals surface area contributed by atoms with Crippen LogP contribution in [-0.2, 0) is 21.7 Å². The number of fused-ring (bicyclic) bond motifs is 2. The zero-order valence-corrected chi connectivity index (χ0v) is 16.7. The third-order valence-corrected chi connectivity index (χ3v) is 6.49. The van der Waals surface area contributed by atoms with E-state index in [1.165, 1.54) is 0 Å². The minimum absolute atomic E-state index is 0.0186. The number of piperidine rings is 1. The van der Waals surface area contributed by atoms with Crippen LogP contribution in [0.3, 0.4) is 0 Å². The number of ether oxygens (including phenoxy) is 1. The van der Waals surface area contributed by atoms with Gasteiger partial charge in [0.2, 0.25) is 0 Å². The van der Waals surface area contributed by atoms with Gasteiger partial charge in [0.1, 0.15) is 17.2 Å². The number of carbonyl (C=O) groups is 2. The van der Waals surface area contributed by atoms with Crippen molar-refractivity contribution in [3.05, 3.63) is 41.9 Å². The molecule has 0 aromatic carbocycles. The van der Waals surface area contributed by atoms with E-state index in [4.69, 9.17) is 9.15 Å². The summed E-state index contributed by atoms with van der Waals surface area (Å²) in [6.07, 6.45) is 8.12. The molecule has 0 saturated carbocycles. The van der Waals surface area contributed by atoms with E-state index in [-0.39, 0.29) is 11.8 Å². The van der Waals surface area contributed by atoms with Crippen LogP contribution in [0.15, 0.2) is 29.1 Å². The number of likely N-dealkylation sites (tertiary alicyclic amines) is 2. The highest BCUT2D eigenvalue weighted by Crippen LogP contribution is 2.40. The van der Waals surface area contributed by atoms with Crippen molar-refractivity contribution in [3.8, 4) is 0 Å². The third kappa shape index (κ3) is 3.06. The second kappa shape index (κ2) is 7.02. The molecule has 154 valence electrons. The van der Waals surface area contributed by atoms with Gasteiger partial charge in [-0.2, -0.15) is 0 Å². The van der Waals surface area contributed by atoms with E-state index < -0.39 is 11.7 Å². The van der Waals surface area contributed by atoms with Crippen molar-refractivity contribution >= 4 is 11.8 Å². The zero-order chi connectivity index (χ0) is 20.0. The number of hydrogen-bond acceptors (Lipinski definition) is 5. The molecule has 2 aromatic heterocycles. The number of carbonyl (C=O) groups excluding carboxylic acids is 2. The van der Waals surface area contributed by atoms with Crippen molar-refractivity contribution in [2.75, 3.05) is 26.2 Å². The first kappa shape index (κ1) is 18.4. The SMILES string of the molecule is Cc1occc1C(=O)N1CCC2(CC1)O[C@@H](C(=O)N1CCCC1)Cn1ccnc12. The van der Waals surface area contributed by atoms with Gasteiger partial charge in [0.15, 0.2) is 6.10 Å². The average Bonchev–Trinajstić information content (AvgIpc) is 3.49. The van der Waals surface area contributed by atoms with Gasteiger partial charge in [0, 0.05) is 51.4 Å². The Labute approximate surface area is 169 Å². The zero-order valence-electron chi connectivity index (χ0n) is 16.7. The summed E-state index contributed by atoms with van der Waals surface area (Å²) in [6, 6.07) is 1.72. The fourth-order valence-corrected chi connectivity index (χ4v) is 4.86. The largest absolute Gasteiger partial charge is 0.469 e. The Balaban J connectivity index is 1.35. The van der Waals surface area contributed by atoms with Gasteiger partial charge in [0.25, 0.3) is 11.8 Å². The number of aryl methyl sites for hydroxylation is 1. The van der Waals surface area contributed by atoms with Crippen molar-refractivity contribution in [2.24, 2.45) is 0 Å². The summed E-state index contributed by atoms with van der Waals surface area (Å²) < 4.78 is 13.8. The summed E-state index contributed by atoms with van der Waals surface area (Å²) in [5, 5.41) is 0. The lowest BCUT2D eigenvalue weighted by Crippen LogP contribution is -2.55. The first-order chi connectivity index (χ1) is 14.1. The summed E-state index contributed by atoms with van der Waals surface area (Å²) in [5.41, 5.74) is -0.0154. The highest BCUT2D eigenvalue weighted by molar-refractivity contribution is 5.95. The maximum Gasteiger partial charge on any atom is 0.257 e. The molecule has 2 saturated heterocycles. The fourth-order valence-electron chi connectivity index (χ4n) is 4.86. The van der Waals surface area contributed by atoms with Crippen LogP contribution in [0.1, 0.15) is 47.6 Å². The molecule has 0 aliphatic carbocycles. The van der Waals surface area contributed by atoms with E-state index in [2.05, 4.69) is 9.55 Å². The topological polar surface area (TPSA) is 80.8 Å². The van der Waals surface area contributed by atoms with E-state index in [1.807, 2.05) is 16.0 Å². The molecule has 3 aliphatic heterocycles. The maximum absolute atomic E-state index is 13.0. The van der Waals surface area contributed by atoms with Crippen LogP contribution >= 0.6 is 0 Å². The molecule has 0 radical (unpaired) electrons. The first-order valence-corrected chi connectivity index (χ1v) is 10.4. The predicted octanol–water partition coefficient (Wildman–Crippen LogP) is 1.94. The van der Waals surface area contributed by atoms with Crippen LogP contribution in [0.2, 0.25) is 0 Å². The number of nitrogens with zero attached hydrogens (tertiary/aromatic N) is 4. The normalized spacial score (nSPS) is 23.4. The number of furan rings is 1. The Morgan fingerprint density at radius 3 is 2.59 bits per heavy atom. The molecule has 1 spiro atoms. The van der Waals surface area contributed by atoms with E-state index in [9.17, 15) is 9.59 Å². The van der Waals surface area contributed by atoms with Gasteiger partial charge in [-0.25, -0.2) is 4.98 Å². The molecule has 1 atom stereocenters. The number of rotatable bonds is 2. The Morgan fingerprint density at radius 2 is 1.90 bits per heavy atom. The molecule has 8 nitrogen and oxygen atoms in total. The van der Waals surface area contributed by atoms with Crippen molar-refractivity contribution in [1.82, 2.24) is 19.4 Å². The second-order valence-electron chi connectivity index (χ2n) is 8.22. The standard InChI is InChI=1S/C21H26N4O4/c1-15-16(4-13-28-15)18(26)24-10-5-21(6-11-24)20-22-7-12-25(20)14-17(29-21)19(27)23-8-2-3-9-23/h4,7,12-13,17H,2-3,5-6,8-11,14H2,1H3/t17-/m1/s1. The summed E-state index contributed by atoms with van der Waals surface area (Å²) >= 11 is 0. The van der Waals surface area contributed by atoms with Gasteiger partial charge in [-0.15, -0.1) is 0 Å². The molecular formula is C21H26N4O4. The molecule has 2 amide bonds. The number of imidazole rings is 1. The Kier molecular flexibility index (Phi) is 4.46. The molecule has 0 N–H and O–H groups in total. The van der Waals surface area contributed by atoms with Crippen LogP contribution in [0.25, 0.3) is 0 Å². The van der Waals surface area contributed by atoms with Gasteiger partial charge in [0.05, 0.1) is 18.4 Å². The summed E-state index contributed by atoms with van der Waals surface area (Å²) in [6.45, 7) is 5.04. The summed E-state index contributed by atoms with van der Waals surface area (Å²) in [5.74, 6) is 1.56. The smallest absolute Gasteiger partial charge is 0.257 e. The van der Waals surface area contributed by atoms with Gasteiger partial charge >= 0.3 is 0 Å². The number of amides is 2. The molecule has 0 unspecified atom stereocenters. The second-order valence-corrected chi connectivity index (χ2v) is 8.22. The quantitative estimate of drug-likeness (QED) is 0.772. The van der Waals surface area contributed by atoms with E-state index >= 15 is 0 Å². The van der Waals surface area contributed by atoms with E-state index in [0.717, 1.165) is 31.8 Å². The van der Waals surface area contributed by atoms with E-state index in [1.54, 1.807) is 25.5 Å². The molecule has 5 heterocycles.